The second-order valence-corrected chi connectivity index (χ2v) is 6.46. The van der Waals surface area contributed by atoms with E-state index in [1.807, 2.05) is 18.4 Å². The highest BCUT2D eigenvalue weighted by molar-refractivity contribution is 7.99. The van der Waals surface area contributed by atoms with Gasteiger partial charge in [0, 0.05) is 12.1 Å². The monoisotopic (exact) mass is 312 g/mol. The van der Waals surface area contributed by atoms with Crippen LogP contribution in [0.4, 0.5) is 0 Å². The van der Waals surface area contributed by atoms with Gasteiger partial charge in [-0.1, -0.05) is 11.8 Å². The summed E-state index contributed by atoms with van der Waals surface area (Å²) in [5.41, 5.74) is 0. The summed E-state index contributed by atoms with van der Waals surface area (Å²) in [6.07, 6.45) is 3.54. The van der Waals surface area contributed by atoms with Crippen molar-refractivity contribution in [1.29, 1.82) is 0 Å². The molecule has 1 aliphatic carbocycles. The van der Waals surface area contributed by atoms with Gasteiger partial charge in [-0.2, -0.15) is 0 Å². The molecule has 8 heteroatoms. The van der Waals surface area contributed by atoms with Gasteiger partial charge in [0.1, 0.15) is 6.33 Å². The smallest absolute Gasteiger partial charge is 0.306 e. The highest BCUT2D eigenvalue weighted by Gasteiger charge is 2.30. The number of hydrogen-bond acceptors (Lipinski definition) is 5. The lowest BCUT2D eigenvalue weighted by Gasteiger charge is -2.13. The molecule has 0 bridgehead atoms. The normalized spacial score (nSPS) is 21.7. The maximum atomic E-state index is 11.9. The van der Waals surface area contributed by atoms with Crippen LogP contribution in [0.2, 0.25) is 0 Å². The number of amides is 1. The number of thioether (sulfide) groups is 1. The van der Waals surface area contributed by atoms with Crippen LogP contribution in [0, 0.1) is 5.92 Å². The van der Waals surface area contributed by atoms with Crippen LogP contribution >= 0.6 is 11.8 Å². The second-order valence-electron chi connectivity index (χ2n) is 5.52. The van der Waals surface area contributed by atoms with E-state index in [0.717, 1.165) is 11.6 Å². The topological polar surface area (TPSA) is 97.1 Å². The molecule has 0 aromatic carbocycles. The highest BCUT2D eigenvalue weighted by Crippen LogP contribution is 2.26. The van der Waals surface area contributed by atoms with Crippen molar-refractivity contribution in [2.45, 2.75) is 50.4 Å². The molecule has 116 valence electrons. The lowest BCUT2D eigenvalue weighted by molar-refractivity contribution is -0.141. The van der Waals surface area contributed by atoms with Gasteiger partial charge in [-0.15, -0.1) is 10.2 Å². The van der Waals surface area contributed by atoms with Gasteiger partial charge in [0.25, 0.3) is 0 Å². The number of rotatable bonds is 6. The molecule has 21 heavy (non-hydrogen) atoms. The SMILES string of the molecule is CC(C)n1cnnc1SCC(=O)N[C@@H]1CC[C@H](C(=O)O)C1. The zero-order valence-corrected chi connectivity index (χ0v) is 13.0. The number of nitrogens with one attached hydrogen (secondary N) is 1. The van der Waals surface area contributed by atoms with E-state index in [0.29, 0.717) is 12.8 Å². The minimum atomic E-state index is -0.772. The summed E-state index contributed by atoms with van der Waals surface area (Å²) < 4.78 is 1.91. The van der Waals surface area contributed by atoms with E-state index in [4.69, 9.17) is 5.11 Å². The van der Waals surface area contributed by atoms with E-state index in [9.17, 15) is 9.59 Å². The number of aromatic nitrogens is 3. The first-order chi connectivity index (χ1) is 9.97. The Hall–Kier alpha value is -1.57. The van der Waals surface area contributed by atoms with Crippen LogP contribution in [0.15, 0.2) is 11.5 Å². The first-order valence-corrected chi connectivity index (χ1v) is 8.00. The molecule has 0 radical (unpaired) electrons. The van der Waals surface area contributed by atoms with Crippen LogP contribution in [-0.4, -0.2) is 43.5 Å². The molecule has 2 rings (SSSR count). The third kappa shape index (κ3) is 4.20. The number of hydrogen-bond donors (Lipinski definition) is 2. The Kier molecular flexibility index (Phi) is 5.22. The summed E-state index contributed by atoms with van der Waals surface area (Å²) >= 11 is 1.34. The summed E-state index contributed by atoms with van der Waals surface area (Å²) in [6.45, 7) is 4.05. The van der Waals surface area contributed by atoms with Crippen molar-refractivity contribution >= 4 is 23.6 Å². The predicted octanol–water partition coefficient (Wildman–Crippen LogP) is 1.32. The Morgan fingerprint density at radius 1 is 1.52 bits per heavy atom. The molecular formula is C13H20N4O3S. The summed E-state index contributed by atoms with van der Waals surface area (Å²) in [5.74, 6) is -0.924. The Morgan fingerprint density at radius 2 is 2.29 bits per heavy atom. The molecule has 1 aromatic rings. The van der Waals surface area contributed by atoms with E-state index < -0.39 is 5.97 Å². The second kappa shape index (κ2) is 6.93. The Morgan fingerprint density at radius 3 is 2.90 bits per heavy atom. The van der Waals surface area contributed by atoms with Crippen molar-refractivity contribution in [3.05, 3.63) is 6.33 Å². The molecule has 2 atom stereocenters. The average molecular weight is 312 g/mol. The fraction of sp³-hybridized carbons (Fsp3) is 0.692. The number of nitrogens with zero attached hydrogens (tertiary/aromatic N) is 3. The molecule has 1 saturated carbocycles. The van der Waals surface area contributed by atoms with Gasteiger partial charge in [0.2, 0.25) is 5.91 Å². The van der Waals surface area contributed by atoms with Crippen LogP contribution in [0.25, 0.3) is 0 Å². The fourth-order valence-electron chi connectivity index (χ4n) is 2.43. The van der Waals surface area contributed by atoms with Crippen molar-refractivity contribution < 1.29 is 14.7 Å². The zero-order chi connectivity index (χ0) is 15.4. The number of carbonyl (C=O) groups excluding carboxylic acids is 1. The molecule has 0 saturated heterocycles. The maximum absolute atomic E-state index is 11.9. The standard InChI is InChI=1S/C13H20N4O3S/c1-8(2)17-7-14-16-13(17)21-6-11(18)15-10-4-3-9(5-10)12(19)20/h7-10H,3-6H2,1-2H3,(H,15,18)(H,19,20)/t9-,10+/m0/s1. The van der Waals surface area contributed by atoms with Crippen molar-refractivity contribution in [1.82, 2.24) is 20.1 Å². The number of aliphatic carboxylic acids is 1. The summed E-state index contributed by atoms with van der Waals surface area (Å²) in [4.78, 5) is 22.8. The fourth-order valence-corrected chi connectivity index (χ4v) is 3.28. The van der Waals surface area contributed by atoms with Gasteiger partial charge in [-0.25, -0.2) is 0 Å². The van der Waals surface area contributed by atoms with Crippen molar-refractivity contribution in [3.8, 4) is 0 Å². The molecule has 1 fully saturated rings. The third-order valence-corrected chi connectivity index (χ3v) is 4.53. The van der Waals surface area contributed by atoms with E-state index in [1.54, 1.807) is 6.33 Å². The van der Waals surface area contributed by atoms with Crippen LogP contribution in [0.1, 0.15) is 39.2 Å². The molecule has 7 nitrogen and oxygen atoms in total. The summed E-state index contributed by atoms with van der Waals surface area (Å²) in [6, 6.07) is 0.221. The molecule has 0 spiro atoms. The van der Waals surface area contributed by atoms with E-state index in [1.165, 1.54) is 11.8 Å². The van der Waals surface area contributed by atoms with Crippen molar-refractivity contribution in [2.24, 2.45) is 5.92 Å². The van der Waals surface area contributed by atoms with E-state index in [2.05, 4.69) is 15.5 Å². The van der Waals surface area contributed by atoms with Gasteiger partial charge in [0.15, 0.2) is 5.16 Å². The van der Waals surface area contributed by atoms with Crippen LogP contribution in [0.5, 0.6) is 0 Å². The molecule has 1 aromatic heterocycles. The quantitative estimate of drug-likeness (QED) is 0.769. The molecule has 2 N–H and O–H groups in total. The Balaban J connectivity index is 1.78. The third-order valence-electron chi connectivity index (χ3n) is 3.58. The van der Waals surface area contributed by atoms with Gasteiger partial charge < -0.3 is 15.0 Å². The van der Waals surface area contributed by atoms with Gasteiger partial charge in [-0.3, -0.25) is 9.59 Å². The maximum Gasteiger partial charge on any atom is 0.306 e. The van der Waals surface area contributed by atoms with Crippen LogP contribution in [0.3, 0.4) is 0 Å². The molecule has 0 aliphatic heterocycles. The minimum Gasteiger partial charge on any atom is -0.481 e. The Labute approximate surface area is 127 Å². The van der Waals surface area contributed by atoms with Gasteiger partial charge >= 0.3 is 5.97 Å². The molecular weight excluding hydrogens is 292 g/mol. The van der Waals surface area contributed by atoms with Gasteiger partial charge in [-0.05, 0) is 33.1 Å². The molecule has 1 amide bonds. The zero-order valence-electron chi connectivity index (χ0n) is 12.2. The molecule has 1 heterocycles. The van der Waals surface area contributed by atoms with E-state index in [-0.39, 0.29) is 29.7 Å². The first-order valence-electron chi connectivity index (χ1n) is 7.02. The van der Waals surface area contributed by atoms with Crippen molar-refractivity contribution in [2.75, 3.05) is 5.75 Å². The van der Waals surface area contributed by atoms with Crippen LogP contribution < -0.4 is 5.32 Å². The van der Waals surface area contributed by atoms with Crippen molar-refractivity contribution in [3.63, 3.8) is 0 Å². The summed E-state index contributed by atoms with van der Waals surface area (Å²) in [5, 5.41) is 20.4. The minimum absolute atomic E-state index is 0.0258. The number of carboxylic acid groups (broad SMARTS) is 1. The predicted molar refractivity (Wildman–Crippen MR) is 78.0 cm³/mol. The molecule has 0 unspecified atom stereocenters. The first kappa shape index (κ1) is 15.8. The van der Waals surface area contributed by atoms with Crippen LogP contribution in [-0.2, 0) is 9.59 Å². The van der Waals surface area contributed by atoms with Gasteiger partial charge in [0.05, 0.1) is 11.7 Å². The Bertz CT molecular complexity index is 517. The van der Waals surface area contributed by atoms with E-state index >= 15 is 0 Å². The molecule has 1 aliphatic rings. The largest absolute Gasteiger partial charge is 0.481 e. The summed E-state index contributed by atoms with van der Waals surface area (Å²) in [7, 11) is 0. The number of carbonyl (C=O) groups is 2. The lowest BCUT2D eigenvalue weighted by Crippen LogP contribution is -2.34. The average Bonchev–Trinajstić information content (AvgIpc) is 3.04. The lowest BCUT2D eigenvalue weighted by atomic mass is 10.1. The number of carboxylic acids is 1. The highest BCUT2D eigenvalue weighted by atomic mass is 32.2.